The van der Waals surface area contributed by atoms with Gasteiger partial charge in [-0.05, 0) is 57.2 Å². The van der Waals surface area contributed by atoms with Gasteiger partial charge in [-0.15, -0.1) is 0 Å². The molecule has 1 aromatic carbocycles. The Morgan fingerprint density at radius 3 is 2.32 bits per heavy atom. The molecule has 0 saturated carbocycles. The van der Waals surface area contributed by atoms with Gasteiger partial charge in [-0.2, -0.15) is 0 Å². The van der Waals surface area contributed by atoms with Gasteiger partial charge in [-0.25, -0.2) is 4.79 Å². The molecule has 7 nitrogen and oxygen atoms in total. The summed E-state index contributed by atoms with van der Waals surface area (Å²) in [5.41, 5.74) is -0.466. The number of nitrogens with zero attached hydrogens (tertiary/aromatic N) is 2. The maximum atomic E-state index is 13.2. The van der Waals surface area contributed by atoms with E-state index in [0.717, 1.165) is 24.2 Å². The highest BCUT2D eigenvalue weighted by molar-refractivity contribution is 6.09. The van der Waals surface area contributed by atoms with Crippen LogP contribution in [0.1, 0.15) is 52.0 Å². The topological polar surface area (TPSA) is 79.0 Å². The van der Waals surface area contributed by atoms with Crippen LogP contribution in [0.15, 0.2) is 24.3 Å². The first-order chi connectivity index (χ1) is 13.3. The average molecular weight is 387 g/mol. The molecule has 3 rings (SSSR count). The number of urea groups is 1. The van der Waals surface area contributed by atoms with Gasteiger partial charge in [0.15, 0.2) is 0 Å². The maximum Gasteiger partial charge on any atom is 0.325 e. The molecule has 3 atom stereocenters. The number of piperidine rings is 1. The normalized spacial score (nSPS) is 27.7. The average Bonchev–Trinajstić information content (AvgIpc) is 2.93. The predicted molar refractivity (Wildman–Crippen MR) is 105 cm³/mol. The molecule has 152 valence electrons. The van der Waals surface area contributed by atoms with E-state index in [4.69, 9.17) is 4.74 Å². The van der Waals surface area contributed by atoms with E-state index in [1.807, 2.05) is 25.7 Å². The minimum atomic E-state index is -1.15. The maximum absolute atomic E-state index is 13.2. The molecule has 4 amide bonds. The molecule has 1 N–H and O–H groups in total. The molecule has 7 heteroatoms. The quantitative estimate of drug-likeness (QED) is 0.788. The van der Waals surface area contributed by atoms with Crippen LogP contribution in [-0.4, -0.2) is 53.4 Å². The van der Waals surface area contributed by atoms with E-state index in [-0.39, 0.29) is 30.4 Å². The fourth-order valence-electron chi connectivity index (χ4n) is 4.41. The van der Waals surface area contributed by atoms with Gasteiger partial charge in [-0.1, -0.05) is 19.1 Å². The largest absolute Gasteiger partial charge is 0.497 e. The molecule has 0 bridgehead atoms. The standard InChI is InChI=1S/C21H29N3O4/c1-5-21(16-9-11-17(28-4)12-10-16)19(26)23(20(27)22-21)13-18(25)24-14(2)7-6-8-15(24)3/h9-12,14-15H,5-8,13H2,1-4H3,(H,22,27)/t14-,15+,21-/m0/s1. The second-order valence-corrected chi connectivity index (χ2v) is 7.74. The van der Waals surface area contributed by atoms with Crippen molar-refractivity contribution >= 4 is 17.8 Å². The summed E-state index contributed by atoms with van der Waals surface area (Å²) in [7, 11) is 1.57. The summed E-state index contributed by atoms with van der Waals surface area (Å²) in [5, 5.41) is 2.83. The number of rotatable bonds is 5. The molecular weight excluding hydrogens is 358 g/mol. The Labute approximate surface area is 166 Å². The molecule has 0 unspecified atom stereocenters. The monoisotopic (exact) mass is 387 g/mol. The van der Waals surface area contributed by atoms with E-state index in [1.54, 1.807) is 31.4 Å². The van der Waals surface area contributed by atoms with Crippen molar-refractivity contribution in [2.75, 3.05) is 13.7 Å². The number of amides is 4. The number of nitrogens with one attached hydrogen (secondary N) is 1. The third-order valence-corrected chi connectivity index (χ3v) is 6.06. The van der Waals surface area contributed by atoms with Gasteiger partial charge in [0.25, 0.3) is 5.91 Å². The molecule has 2 fully saturated rings. The van der Waals surface area contributed by atoms with Crippen LogP contribution in [0.25, 0.3) is 0 Å². The van der Waals surface area contributed by atoms with E-state index in [1.165, 1.54) is 0 Å². The zero-order valence-electron chi connectivity index (χ0n) is 17.0. The fourth-order valence-corrected chi connectivity index (χ4v) is 4.41. The summed E-state index contributed by atoms with van der Waals surface area (Å²) in [6, 6.07) is 6.80. The molecule has 28 heavy (non-hydrogen) atoms. The van der Waals surface area contributed by atoms with Gasteiger partial charge in [-0.3, -0.25) is 14.5 Å². The number of imide groups is 1. The molecule has 0 aliphatic carbocycles. The highest BCUT2D eigenvalue weighted by Gasteiger charge is 2.52. The minimum absolute atomic E-state index is 0.120. The van der Waals surface area contributed by atoms with E-state index < -0.39 is 11.6 Å². The van der Waals surface area contributed by atoms with Crippen LogP contribution in [-0.2, 0) is 15.1 Å². The molecule has 0 radical (unpaired) electrons. The lowest BCUT2D eigenvalue weighted by Crippen LogP contribution is -2.52. The fraction of sp³-hybridized carbons (Fsp3) is 0.571. The minimum Gasteiger partial charge on any atom is -0.497 e. The van der Waals surface area contributed by atoms with Gasteiger partial charge < -0.3 is 15.0 Å². The molecule has 1 aromatic rings. The third kappa shape index (κ3) is 3.34. The van der Waals surface area contributed by atoms with Crippen LogP contribution < -0.4 is 10.1 Å². The number of ether oxygens (including phenoxy) is 1. The van der Waals surface area contributed by atoms with Crippen LogP contribution in [0.2, 0.25) is 0 Å². The van der Waals surface area contributed by atoms with Crippen molar-refractivity contribution in [3.63, 3.8) is 0 Å². The second kappa shape index (κ2) is 7.81. The van der Waals surface area contributed by atoms with Gasteiger partial charge in [0.05, 0.1) is 7.11 Å². The van der Waals surface area contributed by atoms with Crippen LogP contribution >= 0.6 is 0 Å². The number of hydrogen-bond acceptors (Lipinski definition) is 4. The number of carbonyl (C=O) groups excluding carboxylic acids is 3. The lowest BCUT2D eigenvalue weighted by molar-refractivity contribution is -0.143. The Bertz CT molecular complexity index is 753. The van der Waals surface area contributed by atoms with Gasteiger partial charge in [0.2, 0.25) is 5.91 Å². The molecule has 2 saturated heterocycles. The number of carbonyl (C=O) groups is 3. The second-order valence-electron chi connectivity index (χ2n) is 7.74. The van der Waals surface area contributed by atoms with Crippen molar-refractivity contribution in [2.24, 2.45) is 0 Å². The first-order valence-electron chi connectivity index (χ1n) is 9.93. The van der Waals surface area contributed by atoms with Crippen molar-refractivity contribution in [3.05, 3.63) is 29.8 Å². The van der Waals surface area contributed by atoms with Crippen LogP contribution in [0.4, 0.5) is 4.79 Å². The van der Waals surface area contributed by atoms with Crippen molar-refractivity contribution in [1.82, 2.24) is 15.1 Å². The molecular formula is C21H29N3O4. The van der Waals surface area contributed by atoms with Crippen LogP contribution in [0, 0.1) is 0 Å². The summed E-state index contributed by atoms with van der Waals surface area (Å²) in [6.45, 7) is 5.67. The van der Waals surface area contributed by atoms with Crippen molar-refractivity contribution in [3.8, 4) is 5.75 Å². The lowest BCUT2D eigenvalue weighted by atomic mass is 9.87. The first-order valence-corrected chi connectivity index (χ1v) is 9.93. The molecule has 2 heterocycles. The number of hydrogen-bond donors (Lipinski definition) is 1. The highest BCUT2D eigenvalue weighted by atomic mass is 16.5. The van der Waals surface area contributed by atoms with Crippen molar-refractivity contribution in [2.45, 2.75) is 64.1 Å². The summed E-state index contributed by atoms with van der Waals surface area (Å²) in [6.07, 6.45) is 3.37. The number of likely N-dealkylation sites (tertiary alicyclic amines) is 1. The molecule has 0 aromatic heterocycles. The Morgan fingerprint density at radius 2 is 1.79 bits per heavy atom. The number of methoxy groups -OCH3 is 1. The van der Waals surface area contributed by atoms with Gasteiger partial charge in [0, 0.05) is 12.1 Å². The summed E-state index contributed by atoms with van der Waals surface area (Å²) >= 11 is 0. The third-order valence-electron chi connectivity index (χ3n) is 6.06. The molecule has 2 aliphatic heterocycles. The van der Waals surface area contributed by atoms with Crippen molar-refractivity contribution < 1.29 is 19.1 Å². The van der Waals surface area contributed by atoms with Gasteiger partial charge in [0.1, 0.15) is 17.8 Å². The summed E-state index contributed by atoms with van der Waals surface area (Å²) in [4.78, 5) is 41.7. The molecule has 2 aliphatic rings. The van der Waals surface area contributed by atoms with E-state index >= 15 is 0 Å². The SMILES string of the molecule is CC[C@@]1(c2ccc(OC)cc2)NC(=O)N(CC(=O)N2[C@H](C)CCC[C@@H]2C)C1=O. The van der Waals surface area contributed by atoms with E-state index in [9.17, 15) is 14.4 Å². The Kier molecular flexibility index (Phi) is 5.63. The summed E-state index contributed by atoms with van der Waals surface area (Å²) < 4.78 is 5.17. The van der Waals surface area contributed by atoms with Crippen LogP contribution in [0.5, 0.6) is 5.75 Å². The highest BCUT2D eigenvalue weighted by Crippen LogP contribution is 2.33. The zero-order valence-corrected chi connectivity index (χ0v) is 17.0. The van der Waals surface area contributed by atoms with Crippen LogP contribution in [0.3, 0.4) is 0 Å². The zero-order chi connectivity index (χ0) is 20.5. The van der Waals surface area contributed by atoms with Crippen molar-refractivity contribution in [1.29, 1.82) is 0 Å². The Hall–Kier alpha value is -2.57. The molecule has 0 spiro atoms. The first kappa shape index (κ1) is 20.2. The number of benzene rings is 1. The summed E-state index contributed by atoms with van der Waals surface area (Å²) in [5.74, 6) is 0.118. The Morgan fingerprint density at radius 1 is 1.18 bits per heavy atom. The van der Waals surface area contributed by atoms with E-state index in [0.29, 0.717) is 17.7 Å². The Balaban J connectivity index is 1.82. The smallest absolute Gasteiger partial charge is 0.325 e. The van der Waals surface area contributed by atoms with E-state index in [2.05, 4.69) is 5.32 Å². The lowest BCUT2D eigenvalue weighted by Gasteiger charge is -2.39. The van der Waals surface area contributed by atoms with Gasteiger partial charge >= 0.3 is 6.03 Å². The predicted octanol–water partition coefficient (Wildman–Crippen LogP) is 2.64.